The zero-order valence-electron chi connectivity index (χ0n) is 12.2. The van der Waals surface area contributed by atoms with E-state index in [1.807, 2.05) is 4.90 Å². The number of nitrogens with zero attached hydrogens (tertiary/aromatic N) is 1. The SMILES string of the molecule is O=C(c1ccco1)N1CCC(COc2ccc(F)cc2)CC1. The van der Waals surface area contributed by atoms with Gasteiger partial charge < -0.3 is 14.1 Å². The number of halogens is 1. The molecule has 3 rings (SSSR count). The molecule has 2 aromatic rings. The minimum Gasteiger partial charge on any atom is -0.493 e. The van der Waals surface area contributed by atoms with Crippen LogP contribution in [0.3, 0.4) is 0 Å². The molecule has 0 spiro atoms. The Morgan fingerprint density at radius 3 is 2.59 bits per heavy atom. The van der Waals surface area contributed by atoms with Crippen molar-refractivity contribution >= 4 is 5.91 Å². The molecule has 1 fully saturated rings. The molecule has 1 amide bonds. The summed E-state index contributed by atoms with van der Waals surface area (Å²) in [5, 5.41) is 0. The summed E-state index contributed by atoms with van der Waals surface area (Å²) in [5.74, 6) is 1.15. The number of carbonyl (C=O) groups excluding carboxylic acids is 1. The van der Waals surface area contributed by atoms with Crippen molar-refractivity contribution in [2.24, 2.45) is 5.92 Å². The van der Waals surface area contributed by atoms with Crippen LogP contribution < -0.4 is 4.74 Å². The zero-order chi connectivity index (χ0) is 15.4. The highest BCUT2D eigenvalue weighted by molar-refractivity contribution is 5.91. The first-order valence-electron chi connectivity index (χ1n) is 7.43. The zero-order valence-corrected chi connectivity index (χ0v) is 12.2. The molecule has 1 aliphatic heterocycles. The highest BCUT2D eigenvalue weighted by atomic mass is 19.1. The molecule has 0 aliphatic carbocycles. The Morgan fingerprint density at radius 1 is 1.23 bits per heavy atom. The minimum absolute atomic E-state index is 0.0529. The van der Waals surface area contributed by atoms with E-state index in [1.54, 1.807) is 24.3 Å². The van der Waals surface area contributed by atoms with Crippen LogP contribution in [0.2, 0.25) is 0 Å². The van der Waals surface area contributed by atoms with Crippen LogP contribution in [0, 0.1) is 11.7 Å². The van der Waals surface area contributed by atoms with Crippen molar-refractivity contribution in [2.45, 2.75) is 12.8 Å². The molecule has 1 aromatic carbocycles. The van der Waals surface area contributed by atoms with E-state index in [2.05, 4.69) is 0 Å². The molecule has 1 aliphatic rings. The second kappa shape index (κ2) is 6.64. The summed E-state index contributed by atoms with van der Waals surface area (Å²) in [6, 6.07) is 9.44. The normalized spacial score (nSPS) is 15.8. The van der Waals surface area contributed by atoms with Crippen LogP contribution in [-0.4, -0.2) is 30.5 Å². The largest absolute Gasteiger partial charge is 0.493 e. The molecule has 0 radical (unpaired) electrons. The number of carbonyl (C=O) groups is 1. The van der Waals surface area contributed by atoms with Crippen LogP contribution in [0.5, 0.6) is 5.75 Å². The van der Waals surface area contributed by atoms with E-state index in [9.17, 15) is 9.18 Å². The quantitative estimate of drug-likeness (QED) is 0.870. The Bertz CT molecular complexity index is 601. The Labute approximate surface area is 128 Å². The van der Waals surface area contributed by atoms with Gasteiger partial charge in [-0.25, -0.2) is 4.39 Å². The third kappa shape index (κ3) is 3.47. The first-order chi connectivity index (χ1) is 10.7. The summed E-state index contributed by atoms with van der Waals surface area (Å²) in [7, 11) is 0. The first-order valence-corrected chi connectivity index (χ1v) is 7.43. The van der Waals surface area contributed by atoms with Gasteiger partial charge in [0.05, 0.1) is 12.9 Å². The van der Waals surface area contributed by atoms with Crippen molar-refractivity contribution in [1.82, 2.24) is 4.90 Å². The molecule has 1 aromatic heterocycles. The molecule has 116 valence electrons. The number of furan rings is 1. The summed E-state index contributed by atoms with van der Waals surface area (Å²) < 4.78 is 23.6. The van der Waals surface area contributed by atoms with Crippen molar-refractivity contribution in [3.63, 3.8) is 0 Å². The molecule has 22 heavy (non-hydrogen) atoms. The molecule has 0 unspecified atom stereocenters. The van der Waals surface area contributed by atoms with E-state index in [0.29, 0.717) is 37.1 Å². The number of ether oxygens (including phenoxy) is 1. The third-order valence-corrected chi connectivity index (χ3v) is 3.93. The number of benzene rings is 1. The lowest BCUT2D eigenvalue weighted by Crippen LogP contribution is -2.39. The van der Waals surface area contributed by atoms with Gasteiger partial charge in [-0.05, 0) is 55.2 Å². The fraction of sp³-hybridized carbons (Fsp3) is 0.353. The standard InChI is InChI=1S/C17H18FNO3/c18-14-3-5-15(6-4-14)22-12-13-7-9-19(10-8-13)17(20)16-2-1-11-21-16/h1-6,11,13H,7-10,12H2. The van der Waals surface area contributed by atoms with E-state index >= 15 is 0 Å². The summed E-state index contributed by atoms with van der Waals surface area (Å²) in [4.78, 5) is 14.0. The molecule has 2 heterocycles. The van der Waals surface area contributed by atoms with Crippen molar-refractivity contribution in [2.75, 3.05) is 19.7 Å². The second-order valence-corrected chi connectivity index (χ2v) is 5.48. The van der Waals surface area contributed by atoms with Gasteiger partial charge in [0.1, 0.15) is 11.6 Å². The molecule has 1 saturated heterocycles. The number of piperidine rings is 1. The van der Waals surface area contributed by atoms with Gasteiger partial charge in [-0.1, -0.05) is 0 Å². The fourth-order valence-corrected chi connectivity index (χ4v) is 2.60. The van der Waals surface area contributed by atoms with Crippen LogP contribution in [0.1, 0.15) is 23.4 Å². The van der Waals surface area contributed by atoms with Gasteiger partial charge in [0.25, 0.3) is 5.91 Å². The van der Waals surface area contributed by atoms with E-state index in [-0.39, 0.29) is 11.7 Å². The maximum atomic E-state index is 12.8. The fourth-order valence-electron chi connectivity index (χ4n) is 2.60. The minimum atomic E-state index is -0.267. The average Bonchev–Trinajstić information content (AvgIpc) is 3.09. The molecule has 4 nitrogen and oxygen atoms in total. The maximum Gasteiger partial charge on any atom is 0.289 e. The molecule has 0 saturated carbocycles. The van der Waals surface area contributed by atoms with Crippen molar-refractivity contribution in [3.8, 4) is 5.75 Å². The summed E-state index contributed by atoms with van der Waals surface area (Å²) in [6.07, 6.45) is 3.30. The van der Waals surface area contributed by atoms with Crippen LogP contribution in [0.25, 0.3) is 0 Å². The highest BCUT2D eigenvalue weighted by Gasteiger charge is 2.25. The number of amides is 1. The van der Waals surface area contributed by atoms with Crippen LogP contribution in [0.15, 0.2) is 47.1 Å². The summed E-state index contributed by atoms with van der Waals surface area (Å²) in [6.45, 7) is 2.00. The maximum absolute atomic E-state index is 12.8. The van der Waals surface area contributed by atoms with Gasteiger partial charge >= 0.3 is 0 Å². The van der Waals surface area contributed by atoms with Crippen LogP contribution in [0.4, 0.5) is 4.39 Å². The van der Waals surface area contributed by atoms with E-state index in [4.69, 9.17) is 9.15 Å². The second-order valence-electron chi connectivity index (χ2n) is 5.48. The Hall–Kier alpha value is -2.30. The lowest BCUT2D eigenvalue weighted by molar-refractivity contribution is 0.0630. The van der Waals surface area contributed by atoms with Gasteiger partial charge in [-0.2, -0.15) is 0 Å². The van der Waals surface area contributed by atoms with Gasteiger partial charge in [0.2, 0.25) is 0 Å². The predicted molar refractivity (Wildman–Crippen MR) is 79.2 cm³/mol. The Morgan fingerprint density at radius 2 is 1.95 bits per heavy atom. The molecule has 0 N–H and O–H groups in total. The van der Waals surface area contributed by atoms with Gasteiger partial charge in [0, 0.05) is 13.1 Å². The average molecular weight is 303 g/mol. The van der Waals surface area contributed by atoms with Crippen LogP contribution in [-0.2, 0) is 0 Å². The van der Waals surface area contributed by atoms with E-state index in [0.717, 1.165) is 12.8 Å². The molecule has 5 heteroatoms. The van der Waals surface area contributed by atoms with Crippen molar-refractivity contribution in [3.05, 3.63) is 54.2 Å². The molecule has 0 atom stereocenters. The Kier molecular flexibility index (Phi) is 4.42. The van der Waals surface area contributed by atoms with E-state index < -0.39 is 0 Å². The van der Waals surface area contributed by atoms with Crippen molar-refractivity contribution < 1.29 is 18.3 Å². The summed E-state index contributed by atoms with van der Waals surface area (Å²) >= 11 is 0. The van der Waals surface area contributed by atoms with Gasteiger partial charge in [-0.15, -0.1) is 0 Å². The number of likely N-dealkylation sites (tertiary alicyclic amines) is 1. The molecular formula is C17H18FNO3. The number of hydrogen-bond donors (Lipinski definition) is 0. The van der Waals surface area contributed by atoms with Gasteiger partial charge in [0.15, 0.2) is 5.76 Å². The Balaban J connectivity index is 1.45. The number of rotatable bonds is 4. The lowest BCUT2D eigenvalue weighted by Gasteiger charge is -2.31. The predicted octanol–water partition coefficient (Wildman–Crippen LogP) is 3.35. The lowest BCUT2D eigenvalue weighted by atomic mass is 9.97. The first kappa shape index (κ1) is 14.6. The summed E-state index contributed by atoms with van der Waals surface area (Å²) in [5.41, 5.74) is 0. The molecule has 0 bridgehead atoms. The van der Waals surface area contributed by atoms with Crippen molar-refractivity contribution in [1.29, 1.82) is 0 Å². The smallest absolute Gasteiger partial charge is 0.289 e. The highest BCUT2D eigenvalue weighted by Crippen LogP contribution is 2.21. The monoisotopic (exact) mass is 303 g/mol. The van der Waals surface area contributed by atoms with Gasteiger partial charge in [-0.3, -0.25) is 4.79 Å². The van der Waals surface area contributed by atoms with E-state index in [1.165, 1.54) is 18.4 Å². The topological polar surface area (TPSA) is 42.7 Å². The number of hydrogen-bond acceptors (Lipinski definition) is 3. The third-order valence-electron chi connectivity index (χ3n) is 3.93. The molecular weight excluding hydrogens is 285 g/mol. The van der Waals surface area contributed by atoms with Crippen LogP contribution >= 0.6 is 0 Å².